The number of rotatable bonds is 8. The summed E-state index contributed by atoms with van der Waals surface area (Å²) >= 11 is 1.47. The second-order valence-electron chi connectivity index (χ2n) is 7.69. The predicted molar refractivity (Wildman–Crippen MR) is 138 cm³/mol. The second kappa shape index (κ2) is 11.5. The van der Waals surface area contributed by atoms with Crippen molar-refractivity contribution in [2.24, 2.45) is 9.98 Å². The van der Waals surface area contributed by atoms with Crippen molar-refractivity contribution in [1.29, 1.82) is 0 Å². The number of carbonyl (C=O) groups is 1. The zero-order valence-electron chi connectivity index (χ0n) is 18.7. The van der Waals surface area contributed by atoms with E-state index in [2.05, 4.69) is 17.4 Å². The van der Waals surface area contributed by atoms with Crippen LogP contribution in [0.5, 0.6) is 5.75 Å². The zero-order valence-corrected chi connectivity index (χ0v) is 19.5. The molecule has 1 heterocycles. The molecule has 1 aliphatic heterocycles. The Hall–Kier alpha value is -3.38. The molecule has 0 radical (unpaired) electrons. The third kappa shape index (κ3) is 6.56. The molecule has 0 aromatic heterocycles. The van der Waals surface area contributed by atoms with Crippen molar-refractivity contribution >= 4 is 39.8 Å². The number of hydrogen-bond acceptors (Lipinski definition) is 5. The number of carbonyl (C=O) groups excluding carboxylic acids is 1. The Morgan fingerprint density at radius 1 is 0.970 bits per heavy atom. The molecule has 0 aliphatic carbocycles. The van der Waals surface area contributed by atoms with Gasteiger partial charge in [0.15, 0.2) is 0 Å². The first-order valence-corrected chi connectivity index (χ1v) is 12.0. The van der Waals surface area contributed by atoms with Crippen molar-refractivity contribution in [3.05, 3.63) is 90.0 Å². The van der Waals surface area contributed by atoms with Crippen molar-refractivity contribution in [3.63, 3.8) is 0 Å². The standard InChI is InChI=1S/C27H27N3O2S/c1-32-22-13-7-12-21(17-22)25-18-27(30-24-15-6-5-14-23(24)29-25)33-19-26(31)28-16-8-11-20-9-3-2-4-10-20/h2-7,9-10,12-15,17H,8,11,16,18-19H2,1H3,(H,28,31). The molecule has 1 N–H and O–H groups in total. The molecule has 0 saturated heterocycles. The van der Waals surface area contributed by atoms with Gasteiger partial charge in [0.1, 0.15) is 5.75 Å². The van der Waals surface area contributed by atoms with Gasteiger partial charge >= 0.3 is 0 Å². The number of thioether (sulfide) groups is 1. The number of hydrogen-bond donors (Lipinski definition) is 1. The maximum absolute atomic E-state index is 12.4. The number of para-hydroxylation sites is 2. The number of methoxy groups -OCH3 is 1. The summed E-state index contributed by atoms with van der Waals surface area (Å²) in [5, 5.41) is 3.90. The lowest BCUT2D eigenvalue weighted by molar-refractivity contribution is -0.118. The predicted octanol–water partition coefficient (Wildman–Crippen LogP) is 5.73. The van der Waals surface area contributed by atoms with Crippen molar-refractivity contribution in [2.45, 2.75) is 19.3 Å². The summed E-state index contributed by atoms with van der Waals surface area (Å²) in [5.41, 5.74) is 4.84. The monoisotopic (exact) mass is 457 g/mol. The van der Waals surface area contributed by atoms with Gasteiger partial charge < -0.3 is 10.1 Å². The van der Waals surface area contributed by atoms with Crippen LogP contribution in [0.15, 0.2) is 88.8 Å². The Morgan fingerprint density at radius 2 is 1.73 bits per heavy atom. The molecule has 168 valence electrons. The van der Waals surface area contributed by atoms with Gasteiger partial charge in [0.25, 0.3) is 0 Å². The fourth-order valence-electron chi connectivity index (χ4n) is 3.57. The highest BCUT2D eigenvalue weighted by atomic mass is 32.2. The maximum Gasteiger partial charge on any atom is 0.230 e. The minimum Gasteiger partial charge on any atom is -0.497 e. The summed E-state index contributed by atoms with van der Waals surface area (Å²) in [7, 11) is 1.66. The maximum atomic E-state index is 12.4. The van der Waals surface area contributed by atoms with Crippen molar-refractivity contribution in [2.75, 3.05) is 19.4 Å². The van der Waals surface area contributed by atoms with Crippen LogP contribution in [0.3, 0.4) is 0 Å². The Bertz CT molecular complexity index is 1160. The average Bonchev–Trinajstić information content (AvgIpc) is 3.05. The van der Waals surface area contributed by atoms with Gasteiger partial charge in [-0.05, 0) is 42.7 Å². The van der Waals surface area contributed by atoms with E-state index in [4.69, 9.17) is 14.7 Å². The second-order valence-corrected chi connectivity index (χ2v) is 8.74. The number of fused-ring (bicyclic) bond motifs is 1. The number of amides is 1. The van der Waals surface area contributed by atoms with Crippen LogP contribution in [0, 0.1) is 0 Å². The molecule has 0 unspecified atom stereocenters. The molecule has 0 fully saturated rings. The average molecular weight is 458 g/mol. The van der Waals surface area contributed by atoms with E-state index in [9.17, 15) is 4.79 Å². The van der Waals surface area contributed by atoms with Crippen molar-refractivity contribution < 1.29 is 9.53 Å². The molecule has 1 amide bonds. The quantitative estimate of drug-likeness (QED) is 0.439. The van der Waals surface area contributed by atoms with E-state index in [-0.39, 0.29) is 5.91 Å². The number of benzene rings is 3. The fraction of sp³-hybridized carbons (Fsp3) is 0.222. The number of aryl methyl sites for hydroxylation is 1. The topological polar surface area (TPSA) is 63.1 Å². The summed E-state index contributed by atoms with van der Waals surface area (Å²) in [5.74, 6) is 1.14. The Kier molecular flexibility index (Phi) is 7.93. The van der Waals surface area contributed by atoms with Gasteiger partial charge in [0.2, 0.25) is 5.91 Å². The number of nitrogens with one attached hydrogen (secondary N) is 1. The van der Waals surface area contributed by atoms with Crippen LogP contribution in [0.2, 0.25) is 0 Å². The van der Waals surface area contributed by atoms with Crippen LogP contribution < -0.4 is 10.1 Å². The first-order valence-electron chi connectivity index (χ1n) is 11.0. The molecule has 33 heavy (non-hydrogen) atoms. The van der Waals surface area contributed by atoms with E-state index in [1.54, 1.807) is 7.11 Å². The first-order chi connectivity index (χ1) is 16.2. The lowest BCUT2D eigenvalue weighted by Gasteiger charge is -2.09. The molecule has 0 saturated carbocycles. The molecule has 6 heteroatoms. The molecule has 4 rings (SSSR count). The summed E-state index contributed by atoms with van der Waals surface area (Å²) in [4.78, 5) is 22.1. The van der Waals surface area contributed by atoms with Crippen LogP contribution >= 0.6 is 11.8 Å². The van der Waals surface area contributed by atoms with Crippen LogP contribution in [0.1, 0.15) is 24.0 Å². The Balaban J connectivity index is 1.38. The molecule has 0 bridgehead atoms. The third-order valence-corrected chi connectivity index (χ3v) is 6.26. The van der Waals surface area contributed by atoms with E-state index < -0.39 is 0 Å². The van der Waals surface area contributed by atoms with E-state index in [1.807, 2.05) is 66.7 Å². The molecular formula is C27H27N3O2S. The highest BCUT2D eigenvalue weighted by Crippen LogP contribution is 2.33. The zero-order chi connectivity index (χ0) is 22.9. The largest absolute Gasteiger partial charge is 0.497 e. The van der Waals surface area contributed by atoms with Crippen LogP contribution in [-0.4, -0.2) is 36.1 Å². The molecule has 5 nitrogen and oxygen atoms in total. The number of aliphatic imine (C=N–C) groups is 2. The van der Waals surface area contributed by atoms with Crippen LogP contribution in [0.25, 0.3) is 0 Å². The summed E-state index contributed by atoms with van der Waals surface area (Å²) < 4.78 is 5.38. The van der Waals surface area contributed by atoms with E-state index in [0.717, 1.165) is 46.3 Å². The first kappa shape index (κ1) is 22.8. The van der Waals surface area contributed by atoms with Crippen molar-refractivity contribution in [3.8, 4) is 5.75 Å². The van der Waals surface area contributed by atoms with Gasteiger partial charge in [-0.25, -0.2) is 4.99 Å². The van der Waals surface area contributed by atoms with Crippen LogP contribution in [0.4, 0.5) is 11.4 Å². The van der Waals surface area contributed by atoms with Gasteiger partial charge in [-0.3, -0.25) is 9.79 Å². The van der Waals surface area contributed by atoms with Gasteiger partial charge in [0, 0.05) is 18.5 Å². The normalized spacial score (nSPS) is 12.8. The van der Waals surface area contributed by atoms with E-state index in [1.165, 1.54) is 17.3 Å². The van der Waals surface area contributed by atoms with Gasteiger partial charge in [-0.15, -0.1) is 11.8 Å². The summed E-state index contributed by atoms with van der Waals surface area (Å²) in [6, 6.07) is 26.0. The van der Waals surface area contributed by atoms with E-state index in [0.29, 0.717) is 18.7 Å². The fourth-order valence-corrected chi connectivity index (χ4v) is 4.37. The highest BCUT2D eigenvalue weighted by molar-refractivity contribution is 8.14. The molecule has 3 aromatic rings. The van der Waals surface area contributed by atoms with Gasteiger partial charge in [0.05, 0.1) is 35.0 Å². The van der Waals surface area contributed by atoms with Crippen LogP contribution in [-0.2, 0) is 11.2 Å². The number of nitrogens with zero attached hydrogens (tertiary/aromatic N) is 2. The summed E-state index contributed by atoms with van der Waals surface area (Å²) in [6.45, 7) is 0.667. The molecular weight excluding hydrogens is 430 g/mol. The SMILES string of the molecule is COc1cccc(C2=Nc3ccccc3N=C(SCC(=O)NCCCc3ccccc3)C2)c1. The molecule has 3 aromatic carbocycles. The Morgan fingerprint density at radius 3 is 2.52 bits per heavy atom. The number of ether oxygens (including phenoxy) is 1. The van der Waals surface area contributed by atoms with Crippen molar-refractivity contribution in [1.82, 2.24) is 5.32 Å². The highest BCUT2D eigenvalue weighted by Gasteiger charge is 2.17. The van der Waals surface area contributed by atoms with E-state index >= 15 is 0 Å². The smallest absolute Gasteiger partial charge is 0.230 e. The van der Waals surface area contributed by atoms with Gasteiger partial charge in [-0.2, -0.15) is 0 Å². The molecule has 0 atom stereocenters. The minimum atomic E-state index is 0.0214. The molecule has 1 aliphatic rings. The lowest BCUT2D eigenvalue weighted by Crippen LogP contribution is -2.27. The summed E-state index contributed by atoms with van der Waals surface area (Å²) in [6.07, 6.45) is 2.44. The lowest BCUT2D eigenvalue weighted by atomic mass is 10.1. The molecule has 0 spiro atoms. The Labute approximate surface area is 199 Å². The third-order valence-electron chi connectivity index (χ3n) is 5.28. The minimum absolute atomic E-state index is 0.0214. The van der Waals surface area contributed by atoms with Gasteiger partial charge in [-0.1, -0.05) is 54.6 Å².